The molecule has 23 heavy (non-hydrogen) atoms. The van der Waals surface area contributed by atoms with E-state index in [0.717, 1.165) is 11.4 Å². The van der Waals surface area contributed by atoms with Crippen LogP contribution in [-0.4, -0.2) is 12.5 Å². The van der Waals surface area contributed by atoms with Crippen LogP contribution in [0, 0.1) is 34.6 Å². The molecule has 122 valence electrons. The van der Waals surface area contributed by atoms with Crippen LogP contribution >= 0.6 is 0 Å². The first-order valence-corrected chi connectivity index (χ1v) is 8.05. The lowest BCUT2D eigenvalue weighted by Gasteiger charge is -2.14. The van der Waals surface area contributed by atoms with Gasteiger partial charge in [0, 0.05) is 24.3 Å². The van der Waals surface area contributed by atoms with E-state index in [2.05, 4.69) is 57.4 Å². The van der Waals surface area contributed by atoms with E-state index < -0.39 is 0 Å². The number of hydrogen-bond acceptors (Lipinski definition) is 2. The molecule has 3 nitrogen and oxygen atoms in total. The molecule has 2 aromatic rings. The number of hydrogen-bond donors (Lipinski definition) is 2. The van der Waals surface area contributed by atoms with Gasteiger partial charge in [-0.3, -0.25) is 4.79 Å². The first kappa shape index (κ1) is 17.1. The smallest absolute Gasteiger partial charge is 0.226 e. The summed E-state index contributed by atoms with van der Waals surface area (Å²) >= 11 is 0. The van der Waals surface area contributed by atoms with E-state index in [9.17, 15) is 4.79 Å². The van der Waals surface area contributed by atoms with Crippen molar-refractivity contribution in [3.8, 4) is 0 Å². The van der Waals surface area contributed by atoms with Crippen molar-refractivity contribution in [2.24, 2.45) is 0 Å². The van der Waals surface area contributed by atoms with Gasteiger partial charge in [-0.25, -0.2) is 0 Å². The Balaban J connectivity index is 1.89. The second kappa shape index (κ2) is 7.32. The Morgan fingerprint density at radius 3 is 2.13 bits per heavy atom. The Morgan fingerprint density at radius 2 is 1.52 bits per heavy atom. The Hall–Kier alpha value is -2.29. The Bertz CT molecular complexity index is 697. The lowest BCUT2D eigenvalue weighted by Crippen LogP contribution is -2.17. The van der Waals surface area contributed by atoms with Gasteiger partial charge in [0.05, 0.1) is 0 Å². The number of anilines is 2. The van der Waals surface area contributed by atoms with Crippen molar-refractivity contribution in [1.82, 2.24) is 0 Å². The standard InChI is InChI=1S/C20H26N2O/c1-13-10-16(4)20(17(5)11-13)21-9-8-19(23)22-18-7-6-14(2)15(3)12-18/h6-7,10-12,21H,8-9H2,1-5H3,(H,22,23). The van der Waals surface area contributed by atoms with E-state index >= 15 is 0 Å². The van der Waals surface area contributed by atoms with Crippen LogP contribution in [-0.2, 0) is 4.79 Å². The van der Waals surface area contributed by atoms with Crippen molar-refractivity contribution < 1.29 is 4.79 Å². The van der Waals surface area contributed by atoms with Crippen molar-refractivity contribution in [1.29, 1.82) is 0 Å². The summed E-state index contributed by atoms with van der Waals surface area (Å²) in [6.45, 7) is 11.0. The molecule has 0 saturated heterocycles. The van der Waals surface area contributed by atoms with Gasteiger partial charge >= 0.3 is 0 Å². The van der Waals surface area contributed by atoms with Crippen LogP contribution in [0.2, 0.25) is 0 Å². The average molecular weight is 310 g/mol. The highest BCUT2D eigenvalue weighted by Gasteiger charge is 2.06. The molecule has 0 aliphatic rings. The number of benzene rings is 2. The highest BCUT2D eigenvalue weighted by atomic mass is 16.1. The lowest BCUT2D eigenvalue weighted by molar-refractivity contribution is -0.115. The summed E-state index contributed by atoms with van der Waals surface area (Å²) in [5.41, 5.74) is 8.12. The number of nitrogens with one attached hydrogen (secondary N) is 2. The third kappa shape index (κ3) is 4.59. The second-order valence-electron chi connectivity index (χ2n) is 6.30. The Morgan fingerprint density at radius 1 is 0.870 bits per heavy atom. The number of carbonyl (C=O) groups excluding carboxylic acids is 1. The quantitative estimate of drug-likeness (QED) is 0.842. The molecule has 3 heteroatoms. The van der Waals surface area contributed by atoms with E-state index in [-0.39, 0.29) is 5.91 Å². The van der Waals surface area contributed by atoms with Crippen molar-refractivity contribution in [3.63, 3.8) is 0 Å². The summed E-state index contributed by atoms with van der Waals surface area (Å²) in [5, 5.41) is 6.34. The van der Waals surface area contributed by atoms with Crippen LogP contribution < -0.4 is 10.6 Å². The van der Waals surface area contributed by atoms with E-state index in [0.29, 0.717) is 13.0 Å². The lowest BCUT2D eigenvalue weighted by atomic mass is 10.1. The van der Waals surface area contributed by atoms with Gasteiger partial charge in [-0.15, -0.1) is 0 Å². The minimum Gasteiger partial charge on any atom is -0.384 e. The predicted octanol–water partition coefficient (Wildman–Crippen LogP) is 4.67. The van der Waals surface area contributed by atoms with Crippen LogP contribution in [0.5, 0.6) is 0 Å². The van der Waals surface area contributed by atoms with Gasteiger partial charge in [0.1, 0.15) is 0 Å². The van der Waals surface area contributed by atoms with Crippen molar-refractivity contribution in [2.75, 3.05) is 17.2 Å². The van der Waals surface area contributed by atoms with Gasteiger partial charge in [0.25, 0.3) is 0 Å². The number of carbonyl (C=O) groups is 1. The zero-order chi connectivity index (χ0) is 17.0. The summed E-state index contributed by atoms with van der Waals surface area (Å²) in [4.78, 5) is 12.1. The second-order valence-corrected chi connectivity index (χ2v) is 6.30. The molecule has 2 aromatic carbocycles. The summed E-state index contributed by atoms with van der Waals surface area (Å²) in [7, 11) is 0. The van der Waals surface area contributed by atoms with Crippen molar-refractivity contribution >= 4 is 17.3 Å². The Labute approximate surface area is 139 Å². The molecule has 0 atom stereocenters. The molecule has 0 unspecified atom stereocenters. The van der Waals surface area contributed by atoms with Crippen molar-refractivity contribution in [3.05, 3.63) is 58.1 Å². The molecule has 2 rings (SSSR count). The molecule has 0 bridgehead atoms. The highest BCUT2D eigenvalue weighted by Crippen LogP contribution is 2.21. The monoisotopic (exact) mass is 310 g/mol. The highest BCUT2D eigenvalue weighted by molar-refractivity contribution is 5.91. The molecule has 0 fully saturated rings. The van der Waals surface area contributed by atoms with Crippen LogP contribution in [0.3, 0.4) is 0 Å². The van der Waals surface area contributed by atoms with Crippen LogP contribution in [0.15, 0.2) is 30.3 Å². The molecular formula is C20H26N2O. The predicted molar refractivity (Wildman–Crippen MR) is 98.3 cm³/mol. The molecule has 0 aliphatic heterocycles. The fraction of sp³-hybridized carbons (Fsp3) is 0.350. The van der Waals surface area contributed by atoms with E-state index in [1.54, 1.807) is 0 Å². The minimum absolute atomic E-state index is 0.0307. The van der Waals surface area contributed by atoms with Gasteiger partial charge in [-0.2, -0.15) is 0 Å². The van der Waals surface area contributed by atoms with Gasteiger partial charge < -0.3 is 10.6 Å². The number of aryl methyl sites for hydroxylation is 5. The molecule has 0 saturated carbocycles. The first-order chi connectivity index (χ1) is 10.9. The van der Waals surface area contributed by atoms with E-state index in [4.69, 9.17) is 0 Å². The molecular weight excluding hydrogens is 284 g/mol. The zero-order valence-electron chi connectivity index (χ0n) is 14.7. The number of rotatable bonds is 5. The fourth-order valence-electron chi connectivity index (χ4n) is 2.80. The summed E-state index contributed by atoms with van der Waals surface area (Å²) in [5.74, 6) is 0.0307. The normalized spacial score (nSPS) is 10.5. The van der Waals surface area contributed by atoms with E-state index in [1.807, 2.05) is 18.2 Å². The maximum absolute atomic E-state index is 12.1. The van der Waals surface area contributed by atoms with Crippen LogP contribution in [0.1, 0.15) is 34.2 Å². The average Bonchev–Trinajstić information content (AvgIpc) is 2.45. The molecule has 1 amide bonds. The SMILES string of the molecule is Cc1cc(C)c(NCCC(=O)Nc2ccc(C)c(C)c2)c(C)c1. The fourth-order valence-corrected chi connectivity index (χ4v) is 2.80. The molecule has 0 aliphatic carbocycles. The maximum atomic E-state index is 12.1. The van der Waals surface area contributed by atoms with Crippen molar-refractivity contribution in [2.45, 2.75) is 41.0 Å². The minimum atomic E-state index is 0.0307. The first-order valence-electron chi connectivity index (χ1n) is 8.05. The summed E-state index contributed by atoms with van der Waals surface area (Å²) in [6.07, 6.45) is 0.444. The summed E-state index contributed by atoms with van der Waals surface area (Å²) < 4.78 is 0. The molecule has 0 aromatic heterocycles. The largest absolute Gasteiger partial charge is 0.384 e. The van der Waals surface area contributed by atoms with Crippen LogP contribution in [0.25, 0.3) is 0 Å². The topological polar surface area (TPSA) is 41.1 Å². The third-order valence-corrected chi connectivity index (χ3v) is 4.12. The molecule has 2 N–H and O–H groups in total. The van der Waals surface area contributed by atoms with Gasteiger partial charge in [0.2, 0.25) is 5.91 Å². The molecule has 0 spiro atoms. The third-order valence-electron chi connectivity index (χ3n) is 4.12. The van der Waals surface area contributed by atoms with Gasteiger partial charge in [0.15, 0.2) is 0 Å². The van der Waals surface area contributed by atoms with E-state index in [1.165, 1.54) is 27.8 Å². The Kier molecular flexibility index (Phi) is 5.43. The van der Waals surface area contributed by atoms with Crippen LogP contribution in [0.4, 0.5) is 11.4 Å². The number of amides is 1. The maximum Gasteiger partial charge on any atom is 0.226 e. The molecule has 0 heterocycles. The molecule has 0 radical (unpaired) electrons. The van der Waals surface area contributed by atoms with Gasteiger partial charge in [-0.05, 0) is 69.0 Å². The summed E-state index contributed by atoms with van der Waals surface area (Å²) in [6, 6.07) is 10.3. The van der Waals surface area contributed by atoms with Gasteiger partial charge in [-0.1, -0.05) is 23.8 Å². The zero-order valence-corrected chi connectivity index (χ0v) is 14.7.